The fourth-order valence-electron chi connectivity index (χ4n) is 1.99. The Hall–Kier alpha value is -2.96. The zero-order valence-corrected chi connectivity index (χ0v) is 11.2. The predicted octanol–water partition coefficient (Wildman–Crippen LogP) is 3.30. The zero-order chi connectivity index (χ0) is 14.8. The molecule has 2 heterocycles. The van der Waals surface area contributed by atoms with E-state index in [1.165, 1.54) is 12.1 Å². The van der Waals surface area contributed by atoms with E-state index in [9.17, 15) is 10.1 Å². The van der Waals surface area contributed by atoms with Crippen LogP contribution in [0.1, 0.15) is 18.5 Å². The summed E-state index contributed by atoms with van der Waals surface area (Å²) in [5.74, 6) is 0. The number of nitro groups is 1. The maximum atomic E-state index is 10.7. The molecule has 1 N–H and O–H groups in total. The number of hydrogen-bond donors (Lipinski definition) is 1. The highest BCUT2D eigenvalue weighted by molar-refractivity contribution is 5.77. The van der Waals surface area contributed by atoms with Gasteiger partial charge in [0.1, 0.15) is 5.52 Å². The molecule has 0 bridgehead atoms. The molecule has 0 saturated carbocycles. The lowest BCUT2D eigenvalue weighted by molar-refractivity contribution is -0.384. The predicted molar refractivity (Wildman–Crippen MR) is 76.9 cm³/mol. The number of rotatable bonds is 4. The topological polar surface area (TPSA) is 94.1 Å². The number of fused-ring (bicyclic) bond motifs is 1. The maximum Gasteiger partial charge on any atom is 0.296 e. The summed E-state index contributed by atoms with van der Waals surface area (Å²) in [6.07, 6.45) is 3.46. The molecule has 1 unspecified atom stereocenters. The molecule has 0 fully saturated rings. The number of benzene rings is 1. The van der Waals surface area contributed by atoms with E-state index in [4.69, 9.17) is 4.42 Å². The molecule has 2 aromatic heterocycles. The Labute approximate surface area is 119 Å². The fraction of sp³-hybridized carbons (Fsp3) is 0.143. The van der Waals surface area contributed by atoms with Gasteiger partial charge in [-0.3, -0.25) is 15.1 Å². The first-order valence-corrected chi connectivity index (χ1v) is 6.35. The summed E-state index contributed by atoms with van der Waals surface area (Å²) in [4.78, 5) is 18.6. The summed E-state index contributed by atoms with van der Waals surface area (Å²) < 4.78 is 5.53. The molecule has 1 aromatic carbocycles. The molecular formula is C14H12N4O3. The first-order chi connectivity index (χ1) is 10.1. The quantitative estimate of drug-likeness (QED) is 0.583. The minimum atomic E-state index is -0.459. The van der Waals surface area contributed by atoms with Crippen LogP contribution >= 0.6 is 0 Å². The van der Waals surface area contributed by atoms with E-state index in [1.807, 2.05) is 19.1 Å². The molecular weight excluding hydrogens is 272 g/mol. The minimum absolute atomic E-state index is 0.0114. The van der Waals surface area contributed by atoms with Gasteiger partial charge in [0.25, 0.3) is 11.7 Å². The number of pyridine rings is 1. The number of oxazole rings is 1. The molecule has 21 heavy (non-hydrogen) atoms. The third-order valence-electron chi connectivity index (χ3n) is 3.11. The van der Waals surface area contributed by atoms with Crippen molar-refractivity contribution < 1.29 is 9.34 Å². The van der Waals surface area contributed by atoms with Gasteiger partial charge < -0.3 is 9.73 Å². The van der Waals surface area contributed by atoms with Crippen LogP contribution < -0.4 is 5.32 Å². The van der Waals surface area contributed by atoms with Gasteiger partial charge in [-0.15, -0.1) is 0 Å². The standard InChI is InChI=1S/C14H12N4O3/c1-9(10-3-2-6-15-8-10)16-14-17-12-7-11(18(19)20)4-5-13(12)21-14/h2-9H,1H3,(H,16,17). The second-order valence-electron chi connectivity index (χ2n) is 4.58. The maximum absolute atomic E-state index is 10.7. The third-order valence-corrected chi connectivity index (χ3v) is 3.11. The van der Waals surface area contributed by atoms with Gasteiger partial charge in [-0.1, -0.05) is 6.07 Å². The molecule has 3 aromatic rings. The summed E-state index contributed by atoms with van der Waals surface area (Å²) in [7, 11) is 0. The number of hydrogen-bond acceptors (Lipinski definition) is 6. The van der Waals surface area contributed by atoms with Crippen molar-refractivity contribution in [2.45, 2.75) is 13.0 Å². The van der Waals surface area contributed by atoms with Crippen molar-refractivity contribution in [2.24, 2.45) is 0 Å². The van der Waals surface area contributed by atoms with Gasteiger partial charge in [0.15, 0.2) is 5.58 Å². The Morgan fingerprint density at radius 2 is 2.24 bits per heavy atom. The van der Waals surface area contributed by atoms with Crippen molar-refractivity contribution >= 4 is 22.8 Å². The molecule has 0 amide bonds. The molecule has 0 radical (unpaired) electrons. The Bertz CT molecular complexity index is 785. The fourth-order valence-corrected chi connectivity index (χ4v) is 1.99. The van der Waals surface area contributed by atoms with E-state index >= 15 is 0 Å². The van der Waals surface area contributed by atoms with Crippen LogP contribution in [0.4, 0.5) is 11.7 Å². The summed E-state index contributed by atoms with van der Waals surface area (Å²) in [6, 6.07) is 8.39. The Balaban J connectivity index is 1.86. The lowest BCUT2D eigenvalue weighted by Gasteiger charge is -2.11. The zero-order valence-electron chi connectivity index (χ0n) is 11.2. The lowest BCUT2D eigenvalue weighted by Crippen LogP contribution is -2.06. The molecule has 0 aliphatic heterocycles. The molecule has 7 heteroatoms. The highest BCUT2D eigenvalue weighted by Gasteiger charge is 2.13. The number of non-ortho nitro benzene ring substituents is 1. The Kier molecular flexibility index (Phi) is 3.23. The smallest absolute Gasteiger partial charge is 0.296 e. The second kappa shape index (κ2) is 5.20. The van der Waals surface area contributed by atoms with Crippen molar-refractivity contribution in [3.8, 4) is 0 Å². The first-order valence-electron chi connectivity index (χ1n) is 6.35. The van der Waals surface area contributed by atoms with Crippen LogP contribution in [-0.4, -0.2) is 14.9 Å². The van der Waals surface area contributed by atoms with Crippen molar-refractivity contribution in [1.29, 1.82) is 0 Å². The Morgan fingerprint density at radius 3 is 2.95 bits per heavy atom. The summed E-state index contributed by atoms with van der Waals surface area (Å²) >= 11 is 0. The van der Waals surface area contributed by atoms with Gasteiger partial charge in [0.05, 0.1) is 11.0 Å². The van der Waals surface area contributed by atoms with Gasteiger partial charge in [-0.2, -0.15) is 4.98 Å². The summed E-state index contributed by atoms with van der Waals surface area (Å²) in [5.41, 5.74) is 1.93. The average molecular weight is 284 g/mol. The first kappa shape index (κ1) is 13.0. The molecule has 1 atom stereocenters. The molecule has 7 nitrogen and oxygen atoms in total. The van der Waals surface area contributed by atoms with Crippen LogP contribution in [0.5, 0.6) is 0 Å². The van der Waals surface area contributed by atoms with Gasteiger partial charge in [0.2, 0.25) is 0 Å². The van der Waals surface area contributed by atoms with Crippen LogP contribution in [-0.2, 0) is 0 Å². The Morgan fingerprint density at radius 1 is 1.38 bits per heavy atom. The normalized spacial score (nSPS) is 12.2. The van der Waals surface area contributed by atoms with Crippen molar-refractivity contribution in [3.05, 3.63) is 58.4 Å². The molecule has 0 aliphatic rings. The number of nitro benzene ring substituents is 1. The van der Waals surface area contributed by atoms with Crippen LogP contribution in [0.25, 0.3) is 11.1 Å². The molecule has 106 valence electrons. The lowest BCUT2D eigenvalue weighted by atomic mass is 10.1. The van der Waals surface area contributed by atoms with Crippen molar-refractivity contribution in [1.82, 2.24) is 9.97 Å². The van der Waals surface area contributed by atoms with Crippen molar-refractivity contribution in [2.75, 3.05) is 5.32 Å². The van der Waals surface area contributed by atoms with Crippen LogP contribution in [0.3, 0.4) is 0 Å². The van der Waals surface area contributed by atoms with Gasteiger partial charge in [-0.05, 0) is 24.6 Å². The van der Waals surface area contributed by atoms with E-state index in [0.29, 0.717) is 17.1 Å². The number of nitrogens with zero attached hydrogens (tertiary/aromatic N) is 3. The number of anilines is 1. The average Bonchev–Trinajstić information content (AvgIpc) is 2.89. The van der Waals surface area contributed by atoms with E-state index in [2.05, 4.69) is 15.3 Å². The second-order valence-corrected chi connectivity index (χ2v) is 4.58. The van der Waals surface area contributed by atoms with Gasteiger partial charge in [0, 0.05) is 24.5 Å². The number of aromatic nitrogens is 2. The SMILES string of the molecule is CC(Nc1nc2cc([N+](=O)[O-])ccc2o1)c1cccnc1. The minimum Gasteiger partial charge on any atom is -0.424 e. The van der Waals surface area contributed by atoms with Crippen LogP contribution in [0, 0.1) is 10.1 Å². The monoisotopic (exact) mass is 284 g/mol. The molecule has 3 rings (SSSR count). The summed E-state index contributed by atoms with van der Waals surface area (Å²) in [5, 5.41) is 13.8. The van der Waals surface area contributed by atoms with Gasteiger partial charge >= 0.3 is 0 Å². The highest BCUT2D eigenvalue weighted by Crippen LogP contribution is 2.25. The van der Waals surface area contributed by atoms with E-state index < -0.39 is 4.92 Å². The highest BCUT2D eigenvalue weighted by atomic mass is 16.6. The third kappa shape index (κ3) is 2.66. The van der Waals surface area contributed by atoms with Crippen molar-refractivity contribution in [3.63, 3.8) is 0 Å². The summed E-state index contributed by atoms with van der Waals surface area (Å²) in [6.45, 7) is 1.95. The molecule has 0 aliphatic carbocycles. The van der Waals surface area contributed by atoms with Gasteiger partial charge in [-0.25, -0.2) is 0 Å². The molecule has 0 spiro atoms. The van der Waals surface area contributed by atoms with Crippen LogP contribution in [0.2, 0.25) is 0 Å². The molecule has 0 saturated heterocycles. The van der Waals surface area contributed by atoms with E-state index in [-0.39, 0.29) is 11.7 Å². The van der Waals surface area contributed by atoms with Crippen LogP contribution in [0.15, 0.2) is 47.1 Å². The number of nitrogens with one attached hydrogen (secondary N) is 1. The van der Waals surface area contributed by atoms with E-state index in [0.717, 1.165) is 5.56 Å². The van der Waals surface area contributed by atoms with E-state index in [1.54, 1.807) is 18.5 Å². The largest absolute Gasteiger partial charge is 0.424 e.